The molecule has 162 valence electrons. The summed E-state index contributed by atoms with van der Waals surface area (Å²) in [6.07, 6.45) is -0.322. The van der Waals surface area contributed by atoms with Crippen LogP contribution in [0.2, 0.25) is 0 Å². The molecule has 0 atom stereocenters. The number of hydrogen-bond donors (Lipinski definition) is 1. The lowest BCUT2D eigenvalue weighted by atomic mass is 10.1. The number of rotatable bonds is 9. The third-order valence-corrected chi connectivity index (χ3v) is 5.02. The van der Waals surface area contributed by atoms with Crippen LogP contribution in [0.3, 0.4) is 0 Å². The number of anilines is 1. The molecule has 1 aromatic heterocycles. The van der Waals surface area contributed by atoms with Crippen LogP contribution < -0.4 is 14.8 Å². The maximum atomic E-state index is 12.4. The number of thiophene rings is 1. The van der Waals surface area contributed by atoms with Gasteiger partial charge in [0.25, 0.3) is 5.91 Å². The zero-order chi connectivity index (χ0) is 22.3. The molecule has 0 spiro atoms. The summed E-state index contributed by atoms with van der Waals surface area (Å²) < 4.78 is 21.0. The maximum absolute atomic E-state index is 12.4. The average molecular weight is 435 g/mol. The molecule has 30 heavy (non-hydrogen) atoms. The van der Waals surface area contributed by atoms with Crippen LogP contribution in [0.1, 0.15) is 46.4 Å². The molecule has 1 amide bonds. The second-order valence-electron chi connectivity index (χ2n) is 6.42. The Morgan fingerprint density at radius 3 is 2.37 bits per heavy atom. The number of nitrogens with one attached hydrogen (secondary N) is 1. The summed E-state index contributed by atoms with van der Waals surface area (Å²) in [5, 5.41) is 2.84. The van der Waals surface area contributed by atoms with E-state index in [4.69, 9.17) is 18.9 Å². The monoisotopic (exact) mass is 435 g/mol. The van der Waals surface area contributed by atoms with Crippen LogP contribution in [0.5, 0.6) is 11.5 Å². The molecule has 1 heterocycles. The van der Waals surface area contributed by atoms with Gasteiger partial charge in [-0.1, -0.05) is 12.1 Å². The lowest BCUT2D eigenvalue weighted by Crippen LogP contribution is -2.21. The van der Waals surface area contributed by atoms with Crippen molar-refractivity contribution in [3.63, 3.8) is 0 Å². The number of esters is 2. The Balaban J connectivity index is 2.22. The van der Waals surface area contributed by atoms with E-state index < -0.39 is 17.8 Å². The van der Waals surface area contributed by atoms with Gasteiger partial charge in [-0.05, 0) is 45.4 Å². The first kappa shape index (κ1) is 23.2. The van der Waals surface area contributed by atoms with Crippen LogP contribution in [-0.4, -0.2) is 44.3 Å². The van der Waals surface area contributed by atoms with Crippen LogP contribution in [0.4, 0.5) is 5.00 Å². The number of ether oxygens (including phenoxy) is 4. The lowest BCUT2D eigenvalue weighted by Gasteiger charge is -2.10. The summed E-state index contributed by atoms with van der Waals surface area (Å²) in [6, 6.07) is 6.92. The van der Waals surface area contributed by atoms with E-state index in [0.717, 1.165) is 11.3 Å². The smallest absolute Gasteiger partial charge is 0.348 e. The minimum absolute atomic E-state index is 0.128. The molecule has 0 aliphatic heterocycles. The van der Waals surface area contributed by atoms with Crippen molar-refractivity contribution in [3.8, 4) is 11.5 Å². The third kappa shape index (κ3) is 5.73. The summed E-state index contributed by atoms with van der Waals surface area (Å²) in [6.45, 7) is 6.58. The first-order chi connectivity index (χ1) is 14.3. The van der Waals surface area contributed by atoms with Gasteiger partial charge >= 0.3 is 11.9 Å². The normalized spacial score (nSPS) is 10.5. The Kier molecular flexibility index (Phi) is 8.23. The highest BCUT2D eigenvalue weighted by Gasteiger charge is 2.27. The van der Waals surface area contributed by atoms with Crippen molar-refractivity contribution < 1.29 is 33.3 Å². The number of carbonyl (C=O) groups excluding carboxylic acids is 3. The van der Waals surface area contributed by atoms with Gasteiger partial charge in [-0.3, -0.25) is 4.79 Å². The molecular formula is C21H25NO7S. The molecule has 1 N–H and O–H groups in total. The molecular weight excluding hydrogens is 410 g/mol. The van der Waals surface area contributed by atoms with E-state index in [1.165, 1.54) is 7.11 Å². The van der Waals surface area contributed by atoms with Gasteiger partial charge in [0.15, 0.2) is 18.1 Å². The van der Waals surface area contributed by atoms with Gasteiger partial charge in [0.2, 0.25) is 0 Å². The molecule has 0 unspecified atom stereocenters. The van der Waals surface area contributed by atoms with Crippen LogP contribution in [0, 0.1) is 6.92 Å². The molecule has 0 aliphatic carbocycles. The van der Waals surface area contributed by atoms with Crippen molar-refractivity contribution in [2.45, 2.75) is 33.8 Å². The zero-order valence-electron chi connectivity index (χ0n) is 17.6. The highest BCUT2D eigenvalue weighted by Crippen LogP contribution is 2.34. The molecule has 2 aromatic rings. The van der Waals surface area contributed by atoms with Crippen LogP contribution in [0.25, 0.3) is 0 Å². The van der Waals surface area contributed by atoms with E-state index in [9.17, 15) is 14.4 Å². The fraction of sp³-hybridized carbons (Fsp3) is 0.381. The standard InChI is InChI=1S/C21H25NO7S/c1-6-27-20(24)17-13(4)18(21(25)29-12(2)3)30-19(17)22-16(23)11-28-15-10-8-7-9-14(15)26-5/h7-10,12H,6,11H2,1-5H3,(H,22,23). The fourth-order valence-electron chi connectivity index (χ4n) is 2.56. The van der Waals surface area contributed by atoms with Gasteiger partial charge in [-0.25, -0.2) is 9.59 Å². The number of methoxy groups -OCH3 is 1. The second kappa shape index (κ2) is 10.6. The van der Waals surface area contributed by atoms with Crippen molar-refractivity contribution in [3.05, 3.63) is 40.3 Å². The molecule has 2 rings (SSSR count). The quantitative estimate of drug-likeness (QED) is 0.598. The number of benzene rings is 1. The molecule has 8 nitrogen and oxygen atoms in total. The molecule has 0 saturated heterocycles. The predicted molar refractivity (Wildman–Crippen MR) is 113 cm³/mol. The van der Waals surface area contributed by atoms with Gasteiger partial charge in [-0.15, -0.1) is 11.3 Å². The molecule has 0 radical (unpaired) electrons. The van der Waals surface area contributed by atoms with Crippen molar-refractivity contribution >= 4 is 34.2 Å². The minimum atomic E-state index is -0.629. The van der Waals surface area contributed by atoms with E-state index in [1.807, 2.05) is 0 Å². The topological polar surface area (TPSA) is 100 Å². The highest BCUT2D eigenvalue weighted by molar-refractivity contribution is 7.18. The first-order valence-electron chi connectivity index (χ1n) is 9.35. The molecule has 9 heteroatoms. The largest absolute Gasteiger partial charge is 0.493 e. The van der Waals surface area contributed by atoms with E-state index >= 15 is 0 Å². The summed E-state index contributed by atoms with van der Waals surface area (Å²) in [5.74, 6) is -0.802. The molecule has 0 saturated carbocycles. The van der Waals surface area contributed by atoms with Gasteiger partial charge in [0, 0.05) is 0 Å². The SMILES string of the molecule is CCOC(=O)c1c(NC(=O)COc2ccccc2OC)sc(C(=O)OC(C)C)c1C. The van der Waals surface area contributed by atoms with Crippen LogP contribution in [-0.2, 0) is 14.3 Å². The second-order valence-corrected chi connectivity index (χ2v) is 7.44. The molecule has 0 bridgehead atoms. The summed E-state index contributed by atoms with van der Waals surface area (Å²) in [7, 11) is 1.50. The molecule has 0 fully saturated rings. The van der Waals surface area contributed by atoms with E-state index in [1.54, 1.807) is 52.0 Å². The Morgan fingerprint density at radius 1 is 1.10 bits per heavy atom. The number of amides is 1. The zero-order valence-corrected chi connectivity index (χ0v) is 18.4. The van der Waals surface area contributed by atoms with Gasteiger partial charge in [-0.2, -0.15) is 0 Å². The van der Waals surface area contributed by atoms with Crippen molar-refractivity contribution in [1.29, 1.82) is 0 Å². The Hall–Kier alpha value is -3.07. The number of hydrogen-bond acceptors (Lipinski definition) is 8. The molecule has 0 aliphatic rings. The predicted octanol–water partition coefficient (Wildman–Crippen LogP) is 3.82. The van der Waals surface area contributed by atoms with Crippen LogP contribution in [0.15, 0.2) is 24.3 Å². The Morgan fingerprint density at radius 2 is 1.77 bits per heavy atom. The van der Waals surface area contributed by atoms with E-state index in [-0.39, 0.29) is 34.8 Å². The fourth-order valence-corrected chi connectivity index (χ4v) is 3.65. The van der Waals surface area contributed by atoms with Crippen molar-refractivity contribution in [1.82, 2.24) is 0 Å². The highest BCUT2D eigenvalue weighted by atomic mass is 32.1. The first-order valence-corrected chi connectivity index (χ1v) is 10.2. The lowest BCUT2D eigenvalue weighted by molar-refractivity contribution is -0.118. The summed E-state index contributed by atoms with van der Waals surface area (Å²) in [5.41, 5.74) is 0.522. The number of para-hydroxylation sites is 2. The summed E-state index contributed by atoms with van der Waals surface area (Å²) >= 11 is 0.960. The Bertz CT molecular complexity index is 920. The average Bonchev–Trinajstić information content (AvgIpc) is 3.02. The number of carbonyl (C=O) groups is 3. The van der Waals surface area contributed by atoms with Gasteiger partial charge < -0.3 is 24.3 Å². The minimum Gasteiger partial charge on any atom is -0.493 e. The maximum Gasteiger partial charge on any atom is 0.348 e. The summed E-state index contributed by atoms with van der Waals surface area (Å²) in [4.78, 5) is 37.5. The third-order valence-electron chi connectivity index (χ3n) is 3.84. The van der Waals surface area contributed by atoms with E-state index in [2.05, 4.69) is 5.32 Å². The molecule has 1 aromatic carbocycles. The van der Waals surface area contributed by atoms with Crippen LogP contribution >= 0.6 is 11.3 Å². The van der Waals surface area contributed by atoms with E-state index in [0.29, 0.717) is 17.1 Å². The van der Waals surface area contributed by atoms with Gasteiger partial charge in [0.05, 0.1) is 25.4 Å². The van der Waals surface area contributed by atoms with Crippen molar-refractivity contribution in [2.24, 2.45) is 0 Å². The Labute approximate surface area is 179 Å². The van der Waals surface area contributed by atoms with Gasteiger partial charge in [0.1, 0.15) is 9.88 Å². The van der Waals surface area contributed by atoms with Crippen molar-refractivity contribution in [2.75, 3.05) is 25.6 Å².